The zero-order valence-corrected chi connectivity index (χ0v) is 15.9. The number of hydrogen-bond donors (Lipinski definition) is 2. The molecule has 7 nitrogen and oxygen atoms in total. The van der Waals surface area contributed by atoms with Gasteiger partial charge in [0.2, 0.25) is 5.43 Å². The fourth-order valence-electron chi connectivity index (χ4n) is 3.98. The van der Waals surface area contributed by atoms with Crippen LogP contribution in [0.5, 0.6) is 5.75 Å². The number of aromatic nitrogens is 1. The molecule has 0 bridgehead atoms. The average Bonchev–Trinajstić information content (AvgIpc) is 3.42. The topological polar surface area (TPSA) is 97.8 Å². The van der Waals surface area contributed by atoms with Crippen molar-refractivity contribution >= 4 is 22.6 Å². The summed E-state index contributed by atoms with van der Waals surface area (Å²) in [5.41, 5.74) is 1.57. The molecule has 1 atom stereocenters. The van der Waals surface area contributed by atoms with E-state index in [0.717, 1.165) is 23.8 Å². The quantitative estimate of drug-likeness (QED) is 0.726. The Balaban J connectivity index is 1.96. The summed E-state index contributed by atoms with van der Waals surface area (Å²) in [6.07, 6.45) is -2.48. The Kier molecular flexibility index (Phi) is 4.49. The van der Waals surface area contributed by atoms with Gasteiger partial charge in [-0.2, -0.15) is 13.2 Å². The first-order valence-electron chi connectivity index (χ1n) is 9.27. The largest absolute Gasteiger partial charge is 0.492 e. The second kappa shape index (κ2) is 6.59. The maximum atomic E-state index is 15.1. The van der Waals surface area contributed by atoms with Crippen molar-refractivity contribution in [3.05, 3.63) is 33.9 Å². The number of ether oxygens (including phenoxy) is 1. The van der Waals surface area contributed by atoms with Crippen LogP contribution >= 0.6 is 0 Å². The molecule has 1 aliphatic heterocycles. The zero-order valence-electron chi connectivity index (χ0n) is 15.9. The van der Waals surface area contributed by atoms with Crippen LogP contribution in [0.1, 0.15) is 35.7 Å². The minimum atomic E-state index is -4.67. The Morgan fingerprint density at radius 3 is 2.53 bits per heavy atom. The Morgan fingerprint density at radius 2 is 2.03 bits per heavy atom. The van der Waals surface area contributed by atoms with E-state index in [1.165, 1.54) is 17.9 Å². The van der Waals surface area contributed by atoms with Crippen molar-refractivity contribution in [2.45, 2.75) is 37.0 Å². The number of rotatable bonds is 4. The number of carboxylic acid groups (broad SMARTS) is 1. The molecule has 30 heavy (non-hydrogen) atoms. The molecular weight excluding hydrogens is 410 g/mol. The summed E-state index contributed by atoms with van der Waals surface area (Å²) >= 11 is 0. The summed E-state index contributed by atoms with van der Waals surface area (Å²) < 4.78 is 62.0. The molecular formula is C19H19F4N3O4. The van der Waals surface area contributed by atoms with Crippen molar-refractivity contribution in [3.8, 4) is 5.75 Å². The second-order valence-electron chi connectivity index (χ2n) is 7.78. The zero-order chi connectivity index (χ0) is 22.0. The molecule has 0 amide bonds. The highest BCUT2D eigenvalue weighted by Gasteiger charge is 2.56. The van der Waals surface area contributed by atoms with Crippen LogP contribution in [0.3, 0.4) is 0 Å². The van der Waals surface area contributed by atoms with E-state index in [1.807, 2.05) is 0 Å². The molecule has 1 aliphatic carbocycles. The first-order chi connectivity index (χ1) is 14.0. The number of alkyl halides is 3. The predicted octanol–water partition coefficient (Wildman–Crippen LogP) is 2.65. The fraction of sp³-hybridized carbons (Fsp3) is 0.474. The summed E-state index contributed by atoms with van der Waals surface area (Å²) in [5, 5.41) is 9.14. The average molecular weight is 429 g/mol. The minimum Gasteiger partial charge on any atom is -0.492 e. The smallest absolute Gasteiger partial charge is 0.408 e. The monoisotopic (exact) mass is 429 g/mol. The van der Waals surface area contributed by atoms with Crippen LogP contribution in [-0.4, -0.2) is 47.6 Å². The lowest BCUT2D eigenvalue weighted by molar-refractivity contribution is -0.179. The van der Waals surface area contributed by atoms with Gasteiger partial charge in [0.15, 0.2) is 11.6 Å². The van der Waals surface area contributed by atoms with Gasteiger partial charge in [-0.3, -0.25) is 4.79 Å². The molecule has 1 saturated carbocycles. The van der Waals surface area contributed by atoms with Crippen molar-refractivity contribution in [1.82, 2.24) is 4.57 Å². The lowest BCUT2D eigenvalue weighted by Crippen LogP contribution is -2.55. The molecule has 0 radical (unpaired) electrons. The van der Waals surface area contributed by atoms with E-state index in [1.54, 1.807) is 0 Å². The van der Waals surface area contributed by atoms with Gasteiger partial charge in [0.1, 0.15) is 16.8 Å². The molecule has 162 valence electrons. The maximum Gasteiger partial charge on any atom is 0.408 e. The van der Waals surface area contributed by atoms with Gasteiger partial charge < -0.3 is 25.0 Å². The standard InChI is InChI=1S/C19H19F4N3O4/c1-30-16-13-10(15(27)11(17(28)29)7-26(13)9-2-3-9)6-12(20)14(16)25-5-4-18(24,8-25)19(21,22)23/h6-7,9H,2-5,8,24H2,1H3,(H,28,29)/t18-/m0/s1. The molecule has 0 unspecified atom stereocenters. The number of methoxy groups -OCH3 is 1. The molecule has 2 aromatic rings. The molecule has 1 aromatic carbocycles. The van der Waals surface area contributed by atoms with E-state index in [0.29, 0.717) is 0 Å². The van der Waals surface area contributed by atoms with Crippen LogP contribution in [0.25, 0.3) is 10.9 Å². The van der Waals surface area contributed by atoms with Gasteiger partial charge in [0.05, 0.1) is 18.0 Å². The third kappa shape index (κ3) is 2.99. The molecule has 0 spiro atoms. The molecule has 11 heteroatoms. The summed E-state index contributed by atoms with van der Waals surface area (Å²) in [7, 11) is 1.22. The fourth-order valence-corrected chi connectivity index (χ4v) is 3.98. The van der Waals surface area contributed by atoms with Gasteiger partial charge in [-0.05, 0) is 25.3 Å². The van der Waals surface area contributed by atoms with Gasteiger partial charge in [0, 0.05) is 25.3 Å². The number of fused-ring (bicyclic) bond motifs is 1. The molecule has 1 aromatic heterocycles. The van der Waals surface area contributed by atoms with Gasteiger partial charge in [-0.15, -0.1) is 0 Å². The first-order valence-corrected chi connectivity index (χ1v) is 9.27. The Hall–Kier alpha value is -2.82. The first kappa shape index (κ1) is 20.5. The number of nitrogens with two attached hydrogens (primary N) is 1. The van der Waals surface area contributed by atoms with E-state index < -0.39 is 47.5 Å². The van der Waals surface area contributed by atoms with Crippen LogP contribution in [0.4, 0.5) is 23.2 Å². The van der Waals surface area contributed by atoms with Crippen molar-refractivity contribution in [2.75, 3.05) is 25.1 Å². The number of aromatic carboxylic acids is 1. The normalized spacial score (nSPS) is 22.0. The molecule has 2 fully saturated rings. The Labute approximate surface area is 167 Å². The number of nitrogens with zero attached hydrogens (tertiary/aromatic N) is 2. The van der Waals surface area contributed by atoms with E-state index in [9.17, 15) is 27.9 Å². The molecule has 4 rings (SSSR count). The number of pyridine rings is 1. The van der Waals surface area contributed by atoms with E-state index in [4.69, 9.17) is 10.5 Å². The maximum absolute atomic E-state index is 15.1. The van der Waals surface area contributed by atoms with Crippen LogP contribution in [-0.2, 0) is 0 Å². The van der Waals surface area contributed by atoms with E-state index in [-0.39, 0.29) is 34.9 Å². The lowest BCUT2D eigenvalue weighted by Gasteiger charge is -2.29. The summed E-state index contributed by atoms with van der Waals surface area (Å²) in [6.45, 7) is -0.828. The van der Waals surface area contributed by atoms with Crippen molar-refractivity contribution in [1.29, 1.82) is 0 Å². The molecule has 2 heterocycles. The molecule has 3 N–H and O–H groups in total. The third-order valence-corrected chi connectivity index (χ3v) is 5.75. The molecule has 1 saturated heterocycles. The van der Waals surface area contributed by atoms with Crippen molar-refractivity contribution in [2.24, 2.45) is 5.73 Å². The van der Waals surface area contributed by atoms with Gasteiger partial charge in [0.25, 0.3) is 0 Å². The number of halogens is 4. The van der Waals surface area contributed by atoms with E-state index >= 15 is 4.39 Å². The number of carbonyl (C=O) groups is 1. The summed E-state index contributed by atoms with van der Waals surface area (Å²) in [6, 6.07) is 0.756. The van der Waals surface area contributed by atoms with Crippen LogP contribution in [0.2, 0.25) is 0 Å². The predicted molar refractivity (Wildman–Crippen MR) is 99.8 cm³/mol. The van der Waals surface area contributed by atoms with Crippen molar-refractivity contribution < 1.29 is 32.2 Å². The number of anilines is 1. The molecule has 2 aliphatic rings. The minimum absolute atomic E-state index is 0.110. The van der Waals surface area contributed by atoms with E-state index in [2.05, 4.69) is 0 Å². The highest BCUT2D eigenvalue weighted by molar-refractivity contribution is 5.97. The Morgan fingerprint density at radius 1 is 1.37 bits per heavy atom. The highest BCUT2D eigenvalue weighted by Crippen LogP contribution is 2.46. The van der Waals surface area contributed by atoms with Crippen LogP contribution in [0, 0.1) is 5.82 Å². The number of carboxylic acids is 1. The van der Waals surface area contributed by atoms with Gasteiger partial charge in [-0.25, -0.2) is 9.18 Å². The third-order valence-electron chi connectivity index (χ3n) is 5.75. The summed E-state index contributed by atoms with van der Waals surface area (Å²) in [5.74, 6) is -2.54. The number of benzene rings is 1. The van der Waals surface area contributed by atoms with Crippen LogP contribution in [0.15, 0.2) is 17.1 Å². The highest BCUT2D eigenvalue weighted by atomic mass is 19.4. The summed E-state index contributed by atoms with van der Waals surface area (Å²) in [4.78, 5) is 25.3. The number of hydrogen-bond acceptors (Lipinski definition) is 5. The second-order valence-corrected chi connectivity index (χ2v) is 7.78. The van der Waals surface area contributed by atoms with Crippen LogP contribution < -0.4 is 20.8 Å². The lowest BCUT2D eigenvalue weighted by atomic mass is 10.00. The van der Waals surface area contributed by atoms with Gasteiger partial charge in [-0.1, -0.05) is 0 Å². The van der Waals surface area contributed by atoms with Gasteiger partial charge >= 0.3 is 12.1 Å². The van der Waals surface area contributed by atoms with Crippen molar-refractivity contribution in [3.63, 3.8) is 0 Å². The Bertz CT molecular complexity index is 1110. The SMILES string of the molecule is COc1c(N2CC[C@@](N)(C(F)(F)F)C2)c(F)cc2c(=O)c(C(=O)O)cn(C3CC3)c12.